The van der Waals surface area contributed by atoms with Gasteiger partial charge >= 0.3 is 0 Å². The van der Waals surface area contributed by atoms with Crippen LogP contribution in [-0.4, -0.2) is 59.2 Å². The van der Waals surface area contributed by atoms with E-state index in [0.29, 0.717) is 35.9 Å². The summed E-state index contributed by atoms with van der Waals surface area (Å²) in [6, 6.07) is 9.87. The third-order valence-electron chi connectivity index (χ3n) is 9.39. The highest BCUT2D eigenvalue weighted by atomic mass is 127. The van der Waals surface area contributed by atoms with Crippen molar-refractivity contribution in [2.24, 2.45) is 17.8 Å². The van der Waals surface area contributed by atoms with Gasteiger partial charge in [0.15, 0.2) is 6.23 Å². The van der Waals surface area contributed by atoms with Crippen LogP contribution in [0, 0.1) is 17.8 Å². The number of aliphatic hydroxyl groups is 2. The molecule has 142 valence electrons. The summed E-state index contributed by atoms with van der Waals surface area (Å²) < 4.78 is 0.779. The Balaban J connectivity index is 0.00000150. The molecule has 1 aliphatic carbocycles. The Hall–Kier alpha value is -0.370. The molecule has 4 saturated heterocycles. The largest absolute Gasteiger partial charge is 1.00 e. The number of piperidine rings is 4. The number of aliphatic hydroxyl groups excluding tert-OH is 2. The van der Waals surface area contributed by atoms with Gasteiger partial charge in [-0.25, -0.2) is 0 Å². The van der Waals surface area contributed by atoms with Gasteiger partial charge in [0.1, 0.15) is 6.04 Å². The van der Waals surface area contributed by atoms with Crippen LogP contribution < -0.4 is 28.9 Å². The number of anilines is 1. The first-order valence-corrected chi connectivity index (χ1v) is 10.0. The lowest BCUT2D eigenvalue weighted by molar-refractivity contribution is -1.02. The Morgan fingerprint density at radius 1 is 1.23 bits per heavy atom. The molecule has 10 atom stereocenters. The van der Waals surface area contributed by atoms with Gasteiger partial charge in [-0.05, 0) is 24.0 Å². The predicted octanol–water partition coefficient (Wildman–Crippen LogP) is -1.30. The summed E-state index contributed by atoms with van der Waals surface area (Å²) >= 11 is 0. The number of para-hydroxylation sites is 1. The van der Waals surface area contributed by atoms with Crippen LogP contribution in [0.4, 0.5) is 5.69 Å². The quantitative estimate of drug-likeness (QED) is 0.398. The molecule has 6 aliphatic rings. The van der Waals surface area contributed by atoms with Crippen LogP contribution in [0.3, 0.4) is 0 Å². The van der Waals surface area contributed by atoms with Crippen LogP contribution in [0.15, 0.2) is 24.3 Å². The smallest absolute Gasteiger partial charge is 0.193 e. The van der Waals surface area contributed by atoms with E-state index in [0.717, 1.165) is 23.7 Å². The molecule has 0 radical (unpaired) electrons. The minimum Gasteiger partial charge on any atom is -1.00 e. The SMILES string of the molecule is CCC1[C@@H]2CC3C4N(C)c5ccccc5C45C[C@@H](C2[C@@H]5O)[N+]3(C)[C@@H]1O.[I-]. The molecule has 7 rings (SSSR count). The Morgan fingerprint density at radius 3 is 2.69 bits per heavy atom. The fourth-order valence-electron chi connectivity index (χ4n) is 8.58. The molecule has 5 fully saturated rings. The molecule has 1 spiro atoms. The molecule has 26 heavy (non-hydrogen) atoms. The minimum absolute atomic E-state index is 0. The van der Waals surface area contributed by atoms with Gasteiger partial charge in [0.25, 0.3) is 0 Å². The number of hydrogen-bond acceptors (Lipinski definition) is 3. The normalized spacial score (nSPS) is 54.9. The van der Waals surface area contributed by atoms with Gasteiger partial charge in [0.05, 0.1) is 30.7 Å². The van der Waals surface area contributed by atoms with Crippen molar-refractivity contribution in [1.29, 1.82) is 0 Å². The molecule has 5 aliphatic heterocycles. The van der Waals surface area contributed by atoms with Gasteiger partial charge in [-0.1, -0.05) is 25.1 Å². The van der Waals surface area contributed by atoms with Crippen LogP contribution >= 0.6 is 0 Å². The van der Waals surface area contributed by atoms with E-state index in [1.54, 1.807) is 0 Å². The average Bonchev–Trinajstić information content (AvgIpc) is 2.99. The second-order valence-electron chi connectivity index (χ2n) is 9.58. The van der Waals surface area contributed by atoms with Crippen LogP contribution in [0.25, 0.3) is 0 Å². The molecule has 6 unspecified atom stereocenters. The highest BCUT2D eigenvalue weighted by Gasteiger charge is 2.82. The van der Waals surface area contributed by atoms with E-state index in [-0.39, 0.29) is 41.7 Å². The summed E-state index contributed by atoms with van der Waals surface area (Å²) in [5.41, 5.74) is 2.54. The van der Waals surface area contributed by atoms with Gasteiger partial charge in [-0.15, -0.1) is 0 Å². The number of fused-ring (bicyclic) bond motifs is 2. The molecular formula is C21H29IN2O2. The van der Waals surface area contributed by atoms with E-state index < -0.39 is 0 Å². The van der Waals surface area contributed by atoms with Gasteiger partial charge in [-0.3, -0.25) is 4.48 Å². The number of benzene rings is 1. The monoisotopic (exact) mass is 468 g/mol. The van der Waals surface area contributed by atoms with E-state index in [4.69, 9.17) is 0 Å². The molecule has 2 N–H and O–H groups in total. The highest BCUT2D eigenvalue weighted by Crippen LogP contribution is 2.70. The van der Waals surface area contributed by atoms with Gasteiger partial charge < -0.3 is 39.1 Å². The second-order valence-corrected chi connectivity index (χ2v) is 9.58. The maximum Gasteiger partial charge on any atom is 0.193 e. The number of rotatable bonds is 1. The molecule has 5 heterocycles. The Morgan fingerprint density at radius 2 is 1.96 bits per heavy atom. The summed E-state index contributed by atoms with van der Waals surface area (Å²) in [4.78, 5) is 2.44. The topological polar surface area (TPSA) is 43.7 Å². The number of quaternary nitrogens is 1. The Labute approximate surface area is 172 Å². The number of likely N-dealkylation sites (N-methyl/N-ethyl adjacent to an activating group) is 2. The van der Waals surface area contributed by atoms with Crippen LogP contribution in [-0.2, 0) is 5.41 Å². The first kappa shape index (κ1) is 17.7. The zero-order chi connectivity index (χ0) is 17.3. The van der Waals surface area contributed by atoms with Gasteiger partial charge in [0.2, 0.25) is 0 Å². The fourth-order valence-corrected chi connectivity index (χ4v) is 8.58. The molecule has 1 aromatic rings. The predicted molar refractivity (Wildman–Crippen MR) is 96.1 cm³/mol. The molecular weight excluding hydrogens is 439 g/mol. The number of hydrogen-bond donors (Lipinski definition) is 2. The fraction of sp³-hybridized carbons (Fsp3) is 0.714. The minimum atomic E-state index is -0.273. The van der Waals surface area contributed by atoms with Crippen molar-refractivity contribution in [3.8, 4) is 0 Å². The number of nitrogens with zero attached hydrogens (tertiary/aromatic N) is 2. The average molecular weight is 468 g/mol. The van der Waals surface area contributed by atoms with Crippen molar-refractivity contribution in [3.05, 3.63) is 29.8 Å². The van der Waals surface area contributed by atoms with Crippen LogP contribution in [0.1, 0.15) is 31.7 Å². The van der Waals surface area contributed by atoms with E-state index in [9.17, 15) is 10.2 Å². The van der Waals surface area contributed by atoms with Gasteiger partial charge in [-0.2, -0.15) is 0 Å². The highest BCUT2D eigenvalue weighted by molar-refractivity contribution is 5.66. The third kappa shape index (κ3) is 1.51. The Bertz CT molecular complexity index is 774. The van der Waals surface area contributed by atoms with Crippen molar-refractivity contribution in [2.75, 3.05) is 19.0 Å². The third-order valence-corrected chi connectivity index (χ3v) is 9.39. The number of halogens is 1. The van der Waals surface area contributed by atoms with Crippen molar-refractivity contribution < 1.29 is 38.7 Å². The lowest BCUT2D eigenvalue weighted by Crippen LogP contribution is -3.00. The van der Waals surface area contributed by atoms with E-state index >= 15 is 0 Å². The Kier molecular flexibility index (Phi) is 3.51. The second kappa shape index (κ2) is 5.16. The zero-order valence-electron chi connectivity index (χ0n) is 15.7. The summed E-state index contributed by atoms with van der Waals surface area (Å²) in [6.07, 6.45) is 2.67. The maximum atomic E-state index is 11.7. The van der Waals surface area contributed by atoms with Crippen molar-refractivity contribution in [2.45, 2.75) is 62.1 Å². The van der Waals surface area contributed by atoms with E-state index in [2.05, 4.69) is 50.2 Å². The summed E-state index contributed by atoms with van der Waals surface area (Å²) in [5, 5.41) is 23.1. The first-order valence-electron chi connectivity index (χ1n) is 10.0. The zero-order valence-corrected chi connectivity index (χ0v) is 17.9. The molecule has 0 aromatic heterocycles. The molecule has 5 heteroatoms. The molecule has 0 amide bonds. The van der Waals surface area contributed by atoms with Gasteiger partial charge in [0, 0.05) is 37.4 Å². The standard InChI is InChI=1S/C21H29N2O2.HI/c1-4-11-12-9-15-18-21(13-7-5-6-8-14(13)22(18)2)10-16(17(12)19(21)24)23(15,3)20(11)25;/h5-8,11-12,15-20,24-25H,4,9-10H2,1-3H3;1H/q+1;/p-1/t11?,12-,15?,16-,17?,18?,19-,20+,21?,23?;/m0./s1. The molecule has 5 bridgehead atoms. The van der Waals surface area contributed by atoms with Crippen molar-refractivity contribution in [3.63, 3.8) is 0 Å². The summed E-state index contributed by atoms with van der Waals surface area (Å²) in [7, 11) is 4.51. The summed E-state index contributed by atoms with van der Waals surface area (Å²) in [5.74, 6) is 1.17. The summed E-state index contributed by atoms with van der Waals surface area (Å²) in [6.45, 7) is 2.21. The van der Waals surface area contributed by atoms with Crippen molar-refractivity contribution >= 4 is 5.69 Å². The lowest BCUT2D eigenvalue weighted by atomic mass is 9.61. The molecule has 4 nitrogen and oxygen atoms in total. The van der Waals surface area contributed by atoms with Crippen molar-refractivity contribution in [1.82, 2.24) is 0 Å². The van der Waals surface area contributed by atoms with Crippen LogP contribution in [0.5, 0.6) is 0 Å². The van der Waals surface area contributed by atoms with E-state index in [1.807, 2.05) is 0 Å². The van der Waals surface area contributed by atoms with Crippen LogP contribution in [0.2, 0.25) is 0 Å². The molecule has 1 saturated carbocycles. The molecule has 1 aromatic carbocycles. The van der Waals surface area contributed by atoms with E-state index in [1.165, 1.54) is 11.3 Å². The maximum absolute atomic E-state index is 11.7. The lowest BCUT2D eigenvalue weighted by Gasteiger charge is -2.66. The first-order chi connectivity index (χ1) is 12.0.